The van der Waals surface area contributed by atoms with E-state index in [0.717, 1.165) is 29.0 Å². The first-order chi connectivity index (χ1) is 9.76. The van der Waals surface area contributed by atoms with Crippen LogP contribution in [0.5, 0.6) is 0 Å². The number of aryl methyl sites for hydroxylation is 2. The molecule has 0 radical (unpaired) electrons. The zero-order valence-electron chi connectivity index (χ0n) is 11.8. The highest BCUT2D eigenvalue weighted by atomic mass is 15.3. The summed E-state index contributed by atoms with van der Waals surface area (Å²) < 4.78 is 1.84. The van der Waals surface area contributed by atoms with E-state index in [2.05, 4.69) is 40.5 Å². The van der Waals surface area contributed by atoms with Crippen molar-refractivity contribution >= 4 is 16.6 Å². The van der Waals surface area contributed by atoms with Gasteiger partial charge in [-0.2, -0.15) is 5.10 Å². The summed E-state index contributed by atoms with van der Waals surface area (Å²) in [6.45, 7) is 2.82. The smallest absolute Gasteiger partial charge is 0.0853 e. The fraction of sp³-hybridized carbons (Fsp3) is 0.250. The molecule has 0 unspecified atom stereocenters. The molecule has 2 aromatic heterocycles. The Bertz CT molecular complexity index is 730. The maximum absolute atomic E-state index is 4.66. The molecule has 102 valence electrons. The molecule has 4 nitrogen and oxygen atoms in total. The van der Waals surface area contributed by atoms with Gasteiger partial charge in [-0.25, -0.2) is 0 Å². The molecule has 0 bridgehead atoms. The van der Waals surface area contributed by atoms with Crippen LogP contribution in [0.15, 0.2) is 42.6 Å². The summed E-state index contributed by atoms with van der Waals surface area (Å²) in [7, 11) is 1.94. The van der Waals surface area contributed by atoms with Gasteiger partial charge in [-0.15, -0.1) is 0 Å². The molecular weight excluding hydrogens is 248 g/mol. The van der Waals surface area contributed by atoms with E-state index < -0.39 is 0 Å². The van der Waals surface area contributed by atoms with Crippen molar-refractivity contribution in [1.29, 1.82) is 0 Å². The van der Waals surface area contributed by atoms with E-state index >= 15 is 0 Å². The minimum atomic E-state index is 0.712. The Morgan fingerprint density at radius 3 is 2.85 bits per heavy atom. The van der Waals surface area contributed by atoms with Crippen LogP contribution in [0, 0.1) is 0 Å². The van der Waals surface area contributed by atoms with Crippen molar-refractivity contribution in [2.24, 2.45) is 7.05 Å². The fourth-order valence-corrected chi connectivity index (χ4v) is 2.34. The van der Waals surface area contributed by atoms with Gasteiger partial charge in [0, 0.05) is 18.6 Å². The van der Waals surface area contributed by atoms with Gasteiger partial charge < -0.3 is 5.32 Å². The van der Waals surface area contributed by atoms with E-state index in [1.54, 1.807) is 0 Å². The van der Waals surface area contributed by atoms with Crippen molar-refractivity contribution in [3.63, 3.8) is 0 Å². The molecule has 1 N–H and O–H groups in total. The summed E-state index contributed by atoms with van der Waals surface area (Å²) in [5.41, 5.74) is 4.25. The maximum atomic E-state index is 4.66. The van der Waals surface area contributed by atoms with Crippen molar-refractivity contribution < 1.29 is 0 Å². The number of pyridine rings is 1. The Morgan fingerprint density at radius 1 is 1.15 bits per heavy atom. The Hall–Kier alpha value is -2.36. The number of fused-ring (bicyclic) bond motifs is 1. The minimum Gasteiger partial charge on any atom is -0.377 e. The summed E-state index contributed by atoms with van der Waals surface area (Å²) >= 11 is 0. The third-order valence-electron chi connectivity index (χ3n) is 3.36. The molecule has 0 fully saturated rings. The number of hydrogen-bond donors (Lipinski definition) is 1. The van der Waals surface area contributed by atoms with E-state index in [0.29, 0.717) is 6.54 Å². The highest BCUT2D eigenvalue weighted by Crippen LogP contribution is 2.16. The Labute approximate surface area is 118 Å². The molecule has 20 heavy (non-hydrogen) atoms. The normalized spacial score (nSPS) is 10.9. The SMILES string of the molecule is CCc1nn(C)cc1NCc1ccc2ccccc2n1. The lowest BCUT2D eigenvalue weighted by Crippen LogP contribution is -2.02. The van der Waals surface area contributed by atoms with Gasteiger partial charge >= 0.3 is 0 Å². The summed E-state index contributed by atoms with van der Waals surface area (Å²) in [5.74, 6) is 0. The highest BCUT2D eigenvalue weighted by Gasteiger charge is 2.05. The summed E-state index contributed by atoms with van der Waals surface area (Å²) in [6.07, 6.45) is 2.94. The van der Waals surface area contributed by atoms with Crippen molar-refractivity contribution in [1.82, 2.24) is 14.8 Å². The maximum Gasteiger partial charge on any atom is 0.0853 e. The number of para-hydroxylation sites is 1. The van der Waals surface area contributed by atoms with Gasteiger partial charge in [-0.05, 0) is 18.6 Å². The average molecular weight is 266 g/mol. The molecule has 0 amide bonds. The molecule has 1 aromatic carbocycles. The first-order valence-electron chi connectivity index (χ1n) is 6.87. The van der Waals surface area contributed by atoms with Crippen molar-refractivity contribution in [3.8, 4) is 0 Å². The van der Waals surface area contributed by atoms with Crippen LogP contribution >= 0.6 is 0 Å². The van der Waals surface area contributed by atoms with Crippen molar-refractivity contribution in [2.75, 3.05) is 5.32 Å². The monoisotopic (exact) mass is 266 g/mol. The first-order valence-corrected chi connectivity index (χ1v) is 6.87. The highest BCUT2D eigenvalue weighted by molar-refractivity contribution is 5.78. The molecule has 0 aliphatic heterocycles. The number of rotatable bonds is 4. The topological polar surface area (TPSA) is 42.7 Å². The lowest BCUT2D eigenvalue weighted by atomic mass is 10.2. The molecule has 0 aliphatic rings. The van der Waals surface area contributed by atoms with Crippen LogP contribution in [-0.2, 0) is 20.0 Å². The molecule has 0 atom stereocenters. The fourth-order valence-electron chi connectivity index (χ4n) is 2.34. The average Bonchev–Trinajstić information content (AvgIpc) is 2.85. The minimum absolute atomic E-state index is 0.712. The molecule has 0 aliphatic carbocycles. The van der Waals surface area contributed by atoms with Crippen LogP contribution in [0.2, 0.25) is 0 Å². The van der Waals surface area contributed by atoms with E-state index in [1.807, 2.05) is 36.1 Å². The number of aromatic nitrogens is 3. The Kier molecular flexibility index (Phi) is 3.37. The van der Waals surface area contributed by atoms with E-state index in [-0.39, 0.29) is 0 Å². The molecule has 0 saturated heterocycles. The van der Waals surface area contributed by atoms with Gasteiger partial charge in [-0.3, -0.25) is 9.67 Å². The largest absolute Gasteiger partial charge is 0.377 e. The number of nitrogens with zero attached hydrogens (tertiary/aromatic N) is 3. The van der Waals surface area contributed by atoms with E-state index in [9.17, 15) is 0 Å². The molecule has 3 rings (SSSR count). The van der Waals surface area contributed by atoms with Crippen molar-refractivity contribution in [3.05, 3.63) is 54.0 Å². The molecule has 2 heterocycles. The standard InChI is InChI=1S/C16H18N4/c1-3-14-16(11-20(2)19-14)17-10-13-9-8-12-6-4-5-7-15(12)18-13/h4-9,11,17H,3,10H2,1-2H3. The Balaban J connectivity index is 1.79. The van der Waals surface area contributed by atoms with Gasteiger partial charge in [0.2, 0.25) is 0 Å². The predicted molar refractivity (Wildman–Crippen MR) is 81.7 cm³/mol. The first kappa shape index (κ1) is 12.7. The van der Waals surface area contributed by atoms with Gasteiger partial charge in [0.1, 0.15) is 0 Å². The van der Waals surface area contributed by atoms with Crippen LogP contribution in [0.1, 0.15) is 18.3 Å². The number of anilines is 1. The van der Waals surface area contributed by atoms with Gasteiger partial charge in [-0.1, -0.05) is 31.2 Å². The third-order valence-corrected chi connectivity index (χ3v) is 3.36. The molecule has 0 saturated carbocycles. The molecule has 0 spiro atoms. The lowest BCUT2D eigenvalue weighted by molar-refractivity contribution is 0.746. The number of benzene rings is 1. The van der Waals surface area contributed by atoms with Crippen LogP contribution in [0.3, 0.4) is 0 Å². The van der Waals surface area contributed by atoms with Crippen LogP contribution < -0.4 is 5.32 Å². The zero-order chi connectivity index (χ0) is 13.9. The second-order valence-corrected chi connectivity index (χ2v) is 4.87. The van der Waals surface area contributed by atoms with Crippen LogP contribution in [0.4, 0.5) is 5.69 Å². The summed E-state index contributed by atoms with van der Waals surface area (Å²) in [6, 6.07) is 12.4. The second kappa shape index (κ2) is 5.33. The van der Waals surface area contributed by atoms with Gasteiger partial charge in [0.15, 0.2) is 0 Å². The molecule has 4 heteroatoms. The van der Waals surface area contributed by atoms with Gasteiger partial charge in [0.05, 0.1) is 29.1 Å². The van der Waals surface area contributed by atoms with E-state index in [4.69, 9.17) is 0 Å². The third kappa shape index (κ3) is 2.50. The summed E-state index contributed by atoms with van der Waals surface area (Å²) in [4.78, 5) is 4.66. The second-order valence-electron chi connectivity index (χ2n) is 4.87. The zero-order valence-corrected chi connectivity index (χ0v) is 11.8. The van der Waals surface area contributed by atoms with Crippen LogP contribution in [0.25, 0.3) is 10.9 Å². The quantitative estimate of drug-likeness (QED) is 0.789. The number of nitrogens with one attached hydrogen (secondary N) is 1. The summed E-state index contributed by atoms with van der Waals surface area (Å²) in [5, 5.41) is 9.02. The van der Waals surface area contributed by atoms with Gasteiger partial charge in [0.25, 0.3) is 0 Å². The number of hydrogen-bond acceptors (Lipinski definition) is 3. The Morgan fingerprint density at radius 2 is 2.00 bits per heavy atom. The lowest BCUT2D eigenvalue weighted by Gasteiger charge is -2.06. The van der Waals surface area contributed by atoms with Crippen molar-refractivity contribution in [2.45, 2.75) is 19.9 Å². The predicted octanol–water partition coefficient (Wildman–Crippen LogP) is 3.14. The molecular formula is C16H18N4. The molecule has 3 aromatic rings. The van der Waals surface area contributed by atoms with Crippen LogP contribution in [-0.4, -0.2) is 14.8 Å². The van der Waals surface area contributed by atoms with E-state index in [1.165, 1.54) is 5.39 Å².